The second-order valence-electron chi connectivity index (χ2n) is 8.68. The number of ketones is 1. The lowest BCUT2D eigenvalue weighted by Gasteiger charge is -2.26. The van der Waals surface area contributed by atoms with E-state index in [-0.39, 0.29) is 11.3 Å². The minimum Gasteiger partial charge on any atom is -0.507 e. The van der Waals surface area contributed by atoms with Gasteiger partial charge in [0.15, 0.2) is 11.5 Å². The number of aryl methyl sites for hydroxylation is 1. The summed E-state index contributed by atoms with van der Waals surface area (Å²) in [5.41, 5.74) is 1.95. The molecule has 1 atom stereocenters. The van der Waals surface area contributed by atoms with E-state index in [9.17, 15) is 14.7 Å². The number of aliphatic hydroxyl groups excluding tert-OH is 1. The van der Waals surface area contributed by atoms with Crippen molar-refractivity contribution in [3.8, 4) is 17.2 Å². The molecule has 0 bridgehead atoms. The number of methoxy groups -OCH3 is 2. The van der Waals surface area contributed by atoms with Crippen molar-refractivity contribution in [2.45, 2.75) is 26.3 Å². The Labute approximate surface area is 206 Å². The molecule has 35 heavy (non-hydrogen) atoms. The van der Waals surface area contributed by atoms with Gasteiger partial charge in [-0.3, -0.25) is 9.59 Å². The summed E-state index contributed by atoms with van der Waals surface area (Å²) in [4.78, 5) is 29.9. The zero-order valence-corrected chi connectivity index (χ0v) is 21.3. The van der Waals surface area contributed by atoms with Gasteiger partial charge >= 0.3 is 0 Å². The first-order valence-corrected chi connectivity index (χ1v) is 11.6. The van der Waals surface area contributed by atoms with Crippen LogP contribution in [0.3, 0.4) is 0 Å². The number of hydrogen-bond acceptors (Lipinski definition) is 7. The Hall–Kier alpha value is -3.52. The fourth-order valence-corrected chi connectivity index (χ4v) is 4.32. The first kappa shape index (κ1) is 26.1. The number of ether oxygens (including phenoxy) is 3. The first-order chi connectivity index (χ1) is 16.7. The van der Waals surface area contributed by atoms with Crippen molar-refractivity contribution in [1.82, 2.24) is 9.80 Å². The molecule has 188 valence electrons. The van der Waals surface area contributed by atoms with Gasteiger partial charge in [-0.15, -0.1) is 0 Å². The molecule has 0 radical (unpaired) electrons. The third kappa shape index (κ3) is 5.43. The SMILES string of the molecule is CCOc1ccc([C@@H]2C(=C(O)c3ccc(OC)c(C)c3)C(=O)C(=O)N2CCCN(C)C)cc1OC. The standard InChI is InChI=1S/C27H34N2O6/c1-7-35-21-12-9-18(16-22(21)34-6)24-23(25(30)19-10-11-20(33-5)17(2)15-19)26(31)27(32)29(24)14-8-13-28(3)4/h9-12,15-16,24,30H,7-8,13-14H2,1-6H3/t24-/m1/s1. The number of Topliss-reactive ketones (excluding diaryl/α,β-unsaturated/α-hetero) is 1. The fourth-order valence-electron chi connectivity index (χ4n) is 4.32. The second-order valence-corrected chi connectivity index (χ2v) is 8.68. The van der Waals surface area contributed by atoms with Crippen LogP contribution in [-0.4, -0.2) is 74.6 Å². The molecule has 1 heterocycles. The van der Waals surface area contributed by atoms with Gasteiger partial charge in [-0.05, 0) is 82.4 Å². The van der Waals surface area contributed by atoms with E-state index in [1.165, 1.54) is 12.0 Å². The van der Waals surface area contributed by atoms with E-state index in [1.807, 2.05) is 32.8 Å². The molecular formula is C27H34N2O6. The maximum atomic E-state index is 13.2. The average Bonchev–Trinajstić information content (AvgIpc) is 3.08. The van der Waals surface area contributed by atoms with E-state index in [4.69, 9.17) is 14.2 Å². The zero-order valence-electron chi connectivity index (χ0n) is 21.3. The van der Waals surface area contributed by atoms with Gasteiger partial charge in [0, 0.05) is 12.1 Å². The third-order valence-electron chi connectivity index (χ3n) is 6.02. The Kier molecular flexibility index (Phi) is 8.40. The van der Waals surface area contributed by atoms with Crippen LogP contribution in [0.1, 0.15) is 36.1 Å². The smallest absolute Gasteiger partial charge is 0.295 e. The summed E-state index contributed by atoms with van der Waals surface area (Å²) < 4.78 is 16.5. The van der Waals surface area contributed by atoms with Crippen molar-refractivity contribution in [2.24, 2.45) is 0 Å². The number of likely N-dealkylation sites (tertiary alicyclic amines) is 1. The molecule has 0 unspecified atom stereocenters. The highest BCUT2D eigenvalue weighted by atomic mass is 16.5. The minimum absolute atomic E-state index is 0.0515. The monoisotopic (exact) mass is 482 g/mol. The highest BCUT2D eigenvalue weighted by molar-refractivity contribution is 6.46. The zero-order chi connectivity index (χ0) is 25.7. The highest BCUT2D eigenvalue weighted by Crippen LogP contribution is 2.42. The van der Waals surface area contributed by atoms with Gasteiger partial charge in [0.05, 0.1) is 32.4 Å². The van der Waals surface area contributed by atoms with E-state index in [2.05, 4.69) is 0 Å². The number of carbonyl (C=O) groups excluding carboxylic acids is 2. The average molecular weight is 483 g/mol. The van der Waals surface area contributed by atoms with Crippen LogP contribution >= 0.6 is 0 Å². The van der Waals surface area contributed by atoms with Crippen molar-refractivity contribution < 1.29 is 28.9 Å². The molecule has 3 rings (SSSR count). The third-order valence-corrected chi connectivity index (χ3v) is 6.02. The Balaban J connectivity index is 2.15. The van der Waals surface area contributed by atoms with Gasteiger partial charge in [-0.25, -0.2) is 0 Å². The van der Waals surface area contributed by atoms with E-state index in [0.29, 0.717) is 47.9 Å². The maximum Gasteiger partial charge on any atom is 0.295 e. The molecule has 1 amide bonds. The van der Waals surface area contributed by atoms with Crippen LogP contribution in [-0.2, 0) is 9.59 Å². The van der Waals surface area contributed by atoms with Crippen LogP contribution in [0.15, 0.2) is 42.0 Å². The minimum atomic E-state index is -0.760. The predicted molar refractivity (Wildman–Crippen MR) is 134 cm³/mol. The van der Waals surface area contributed by atoms with E-state index < -0.39 is 17.7 Å². The number of nitrogens with zero attached hydrogens (tertiary/aromatic N) is 2. The molecule has 8 heteroatoms. The molecular weight excluding hydrogens is 448 g/mol. The molecule has 0 aliphatic carbocycles. The van der Waals surface area contributed by atoms with Crippen LogP contribution in [0, 0.1) is 6.92 Å². The van der Waals surface area contributed by atoms with Gasteiger partial charge in [0.25, 0.3) is 11.7 Å². The summed E-state index contributed by atoms with van der Waals surface area (Å²) in [5, 5.41) is 11.3. The van der Waals surface area contributed by atoms with Crippen LogP contribution < -0.4 is 14.2 Å². The molecule has 1 aliphatic heterocycles. The molecule has 0 spiro atoms. The summed E-state index contributed by atoms with van der Waals surface area (Å²) in [6.07, 6.45) is 0.673. The van der Waals surface area contributed by atoms with Crippen LogP contribution in [0.5, 0.6) is 17.2 Å². The molecule has 8 nitrogen and oxygen atoms in total. The van der Waals surface area contributed by atoms with Crippen LogP contribution in [0.4, 0.5) is 0 Å². The van der Waals surface area contributed by atoms with Gasteiger partial charge in [0.1, 0.15) is 11.5 Å². The summed E-state index contributed by atoms with van der Waals surface area (Å²) >= 11 is 0. The normalized spacial score (nSPS) is 17.2. The number of aliphatic hydroxyl groups is 1. The Bertz CT molecular complexity index is 1120. The predicted octanol–water partition coefficient (Wildman–Crippen LogP) is 3.78. The summed E-state index contributed by atoms with van der Waals surface area (Å²) in [6, 6.07) is 9.70. The summed E-state index contributed by atoms with van der Waals surface area (Å²) in [5.74, 6) is 0.158. The van der Waals surface area contributed by atoms with Crippen molar-refractivity contribution in [2.75, 3.05) is 48.0 Å². The Morgan fingerprint density at radius 3 is 2.31 bits per heavy atom. The lowest BCUT2D eigenvalue weighted by Crippen LogP contribution is -2.32. The van der Waals surface area contributed by atoms with Gasteiger partial charge in [0.2, 0.25) is 0 Å². The van der Waals surface area contributed by atoms with E-state index in [0.717, 1.165) is 12.1 Å². The molecule has 2 aromatic rings. The molecule has 1 fully saturated rings. The number of carbonyl (C=O) groups is 2. The highest BCUT2D eigenvalue weighted by Gasteiger charge is 2.46. The quantitative estimate of drug-likeness (QED) is 0.313. The molecule has 1 N–H and O–H groups in total. The van der Waals surface area contributed by atoms with E-state index in [1.54, 1.807) is 43.5 Å². The molecule has 1 aliphatic rings. The molecule has 1 saturated heterocycles. The van der Waals surface area contributed by atoms with Crippen LogP contribution in [0.25, 0.3) is 5.76 Å². The van der Waals surface area contributed by atoms with Crippen molar-refractivity contribution in [3.05, 3.63) is 58.7 Å². The lowest BCUT2D eigenvalue weighted by molar-refractivity contribution is -0.139. The second kappa shape index (κ2) is 11.3. The Morgan fingerprint density at radius 2 is 1.71 bits per heavy atom. The van der Waals surface area contributed by atoms with Gasteiger partial charge in [-0.1, -0.05) is 6.07 Å². The first-order valence-electron chi connectivity index (χ1n) is 11.6. The van der Waals surface area contributed by atoms with Crippen molar-refractivity contribution in [1.29, 1.82) is 0 Å². The lowest BCUT2D eigenvalue weighted by atomic mass is 9.94. The van der Waals surface area contributed by atoms with E-state index >= 15 is 0 Å². The fraction of sp³-hybridized carbons (Fsp3) is 0.407. The largest absolute Gasteiger partial charge is 0.507 e. The molecule has 0 saturated carbocycles. The number of amides is 1. The number of benzene rings is 2. The number of hydrogen-bond donors (Lipinski definition) is 1. The summed E-state index contributed by atoms with van der Waals surface area (Å²) in [7, 11) is 7.01. The maximum absolute atomic E-state index is 13.2. The topological polar surface area (TPSA) is 88.5 Å². The molecule has 2 aromatic carbocycles. The van der Waals surface area contributed by atoms with Crippen molar-refractivity contribution in [3.63, 3.8) is 0 Å². The van der Waals surface area contributed by atoms with Gasteiger partial charge < -0.3 is 29.1 Å². The van der Waals surface area contributed by atoms with Crippen LogP contribution in [0.2, 0.25) is 0 Å². The Morgan fingerprint density at radius 1 is 1.03 bits per heavy atom. The number of rotatable bonds is 10. The summed E-state index contributed by atoms with van der Waals surface area (Å²) in [6.45, 7) is 5.31. The van der Waals surface area contributed by atoms with Crippen molar-refractivity contribution >= 4 is 17.4 Å². The molecule has 0 aromatic heterocycles. The van der Waals surface area contributed by atoms with Gasteiger partial charge in [-0.2, -0.15) is 0 Å².